The number of likely N-dealkylation sites (tertiary alicyclic amines) is 1. The molecule has 0 bridgehead atoms. The van der Waals surface area contributed by atoms with E-state index in [1.54, 1.807) is 7.11 Å². The number of carbonyl (C=O) groups excluding carboxylic acids is 1. The Balaban J connectivity index is 1.55. The smallest absolute Gasteiger partial charge is 0.255 e. The second kappa shape index (κ2) is 8.54. The average molecular weight is 354 g/mol. The zero-order chi connectivity index (χ0) is 18.5. The molecule has 0 unspecified atom stereocenters. The van der Waals surface area contributed by atoms with E-state index in [4.69, 9.17) is 4.74 Å². The van der Waals surface area contributed by atoms with Gasteiger partial charge in [-0.2, -0.15) is 0 Å². The van der Waals surface area contributed by atoms with Crippen molar-refractivity contribution < 1.29 is 9.53 Å². The lowest BCUT2D eigenvalue weighted by molar-refractivity contribution is 0.0944. The number of benzene rings is 2. The molecule has 4 nitrogen and oxygen atoms in total. The van der Waals surface area contributed by atoms with E-state index < -0.39 is 0 Å². The van der Waals surface area contributed by atoms with E-state index in [1.165, 1.54) is 19.5 Å². The van der Waals surface area contributed by atoms with E-state index in [2.05, 4.69) is 24.1 Å². The molecule has 2 atom stereocenters. The van der Waals surface area contributed by atoms with Crippen molar-refractivity contribution in [2.45, 2.75) is 26.7 Å². The Morgan fingerprint density at radius 3 is 2.46 bits per heavy atom. The van der Waals surface area contributed by atoms with Gasteiger partial charge in [0.2, 0.25) is 0 Å². The normalized spacial score (nSPS) is 20.9. The molecule has 4 heteroatoms. The monoisotopic (exact) mass is 354 g/mol. The van der Waals surface area contributed by atoms with Crippen LogP contribution in [0, 0.1) is 11.8 Å². The van der Waals surface area contributed by atoms with Gasteiger partial charge in [0.05, 0.1) is 12.7 Å². The molecule has 0 saturated carbocycles. The van der Waals surface area contributed by atoms with Gasteiger partial charge in [-0.1, -0.05) is 38.1 Å². The number of rotatable bonds is 6. The van der Waals surface area contributed by atoms with Crippen LogP contribution in [0.25, 0.3) is 10.8 Å². The number of hydrogen-bond acceptors (Lipinski definition) is 3. The quantitative estimate of drug-likeness (QED) is 0.799. The SMILES string of the molecule is COc1cc2ccccc2cc1C(=O)NCCCN1C[C@H](C)C[C@@H](C)C1. The molecule has 1 aliphatic rings. The number of nitrogens with zero attached hydrogens (tertiary/aromatic N) is 1. The Morgan fingerprint density at radius 1 is 1.15 bits per heavy atom. The number of hydrogen-bond donors (Lipinski definition) is 1. The molecule has 2 aromatic rings. The minimum absolute atomic E-state index is 0.0621. The van der Waals surface area contributed by atoms with Gasteiger partial charge >= 0.3 is 0 Å². The molecule has 1 N–H and O–H groups in total. The predicted octanol–water partition coefficient (Wildman–Crippen LogP) is 3.95. The molecule has 140 valence electrons. The van der Waals surface area contributed by atoms with Gasteiger partial charge in [-0.3, -0.25) is 4.79 Å². The summed E-state index contributed by atoms with van der Waals surface area (Å²) in [5, 5.41) is 5.18. The highest BCUT2D eigenvalue weighted by molar-refractivity contribution is 6.01. The largest absolute Gasteiger partial charge is 0.496 e. The molecular formula is C22H30N2O2. The second-order valence-corrected chi connectivity index (χ2v) is 7.71. The van der Waals surface area contributed by atoms with E-state index in [1.807, 2.05) is 36.4 Å². The molecule has 2 aromatic carbocycles. The van der Waals surface area contributed by atoms with Gasteiger partial charge in [-0.25, -0.2) is 0 Å². The Bertz CT molecular complexity index is 749. The summed E-state index contributed by atoms with van der Waals surface area (Å²) in [5.74, 6) is 2.11. The first-order valence-corrected chi connectivity index (χ1v) is 9.64. The Morgan fingerprint density at radius 2 is 1.81 bits per heavy atom. The number of nitrogens with one attached hydrogen (secondary N) is 1. The minimum Gasteiger partial charge on any atom is -0.496 e. The van der Waals surface area contributed by atoms with Gasteiger partial charge in [-0.05, 0) is 54.1 Å². The van der Waals surface area contributed by atoms with Crippen LogP contribution in [-0.2, 0) is 0 Å². The number of amides is 1. The third-order valence-corrected chi connectivity index (χ3v) is 5.19. The highest BCUT2D eigenvalue weighted by Crippen LogP contribution is 2.26. The molecule has 1 amide bonds. The van der Waals surface area contributed by atoms with Crippen molar-refractivity contribution in [3.05, 3.63) is 42.0 Å². The third kappa shape index (κ3) is 4.55. The van der Waals surface area contributed by atoms with E-state index in [0.29, 0.717) is 17.9 Å². The number of ether oxygens (including phenoxy) is 1. The summed E-state index contributed by atoms with van der Waals surface area (Å²) in [5.41, 5.74) is 0.603. The van der Waals surface area contributed by atoms with Crippen molar-refractivity contribution in [1.29, 1.82) is 0 Å². The maximum atomic E-state index is 12.6. The van der Waals surface area contributed by atoms with Gasteiger partial charge < -0.3 is 15.0 Å². The molecule has 0 aromatic heterocycles. The maximum Gasteiger partial charge on any atom is 0.255 e. The summed E-state index contributed by atoms with van der Waals surface area (Å²) in [7, 11) is 1.61. The number of fused-ring (bicyclic) bond motifs is 1. The molecule has 1 heterocycles. The molecule has 1 aliphatic heterocycles. The molecule has 0 aliphatic carbocycles. The Labute approximate surface area is 156 Å². The first-order chi connectivity index (χ1) is 12.6. The van der Waals surface area contributed by atoms with Crippen LogP contribution in [0.5, 0.6) is 5.75 Å². The molecule has 3 rings (SSSR count). The van der Waals surface area contributed by atoms with E-state index in [-0.39, 0.29) is 5.91 Å². The van der Waals surface area contributed by atoms with Crippen LogP contribution >= 0.6 is 0 Å². The molecular weight excluding hydrogens is 324 g/mol. The van der Waals surface area contributed by atoms with Gasteiger partial charge in [-0.15, -0.1) is 0 Å². The van der Waals surface area contributed by atoms with E-state index in [9.17, 15) is 4.79 Å². The fourth-order valence-electron chi connectivity index (χ4n) is 4.14. The average Bonchev–Trinajstić information content (AvgIpc) is 2.63. The van der Waals surface area contributed by atoms with Gasteiger partial charge in [0.25, 0.3) is 5.91 Å². The Hall–Kier alpha value is -2.07. The second-order valence-electron chi connectivity index (χ2n) is 7.71. The number of methoxy groups -OCH3 is 1. The lowest BCUT2D eigenvalue weighted by Crippen LogP contribution is -2.40. The summed E-state index contributed by atoms with van der Waals surface area (Å²) in [6.07, 6.45) is 2.30. The van der Waals surface area contributed by atoms with E-state index in [0.717, 1.165) is 35.6 Å². The van der Waals surface area contributed by atoms with Crippen LogP contribution in [0.3, 0.4) is 0 Å². The van der Waals surface area contributed by atoms with Crippen LogP contribution in [0.2, 0.25) is 0 Å². The number of piperidine rings is 1. The first-order valence-electron chi connectivity index (χ1n) is 9.64. The van der Waals surface area contributed by atoms with Crippen molar-refractivity contribution in [2.75, 3.05) is 33.3 Å². The first kappa shape index (κ1) is 18.7. The summed E-state index contributed by atoms with van der Waals surface area (Å²) in [6.45, 7) is 8.75. The van der Waals surface area contributed by atoms with Crippen molar-refractivity contribution in [3.8, 4) is 5.75 Å². The lowest BCUT2D eigenvalue weighted by Gasteiger charge is -2.34. The third-order valence-electron chi connectivity index (χ3n) is 5.19. The molecule has 0 spiro atoms. The summed E-state index contributed by atoms with van der Waals surface area (Å²) < 4.78 is 5.43. The van der Waals surface area contributed by atoms with Crippen molar-refractivity contribution in [2.24, 2.45) is 11.8 Å². The zero-order valence-corrected chi connectivity index (χ0v) is 16.1. The van der Waals surface area contributed by atoms with Crippen molar-refractivity contribution in [3.63, 3.8) is 0 Å². The molecule has 0 radical (unpaired) electrons. The molecule has 26 heavy (non-hydrogen) atoms. The minimum atomic E-state index is -0.0621. The topological polar surface area (TPSA) is 41.6 Å². The van der Waals surface area contributed by atoms with Gasteiger partial charge in [0, 0.05) is 19.6 Å². The lowest BCUT2D eigenvalue weighted by atomic mass is 9.92. The fraction of sp³-hybridized carbons (Fsp3) is 0.500. The van der Waals surface area contributed by atoms with Crippen LogP contribution in [0.1, 0.15) is 37.0 Å². The molecule has 1 saturated heterocycles. The van der Waals surface area contributed by atoms with Crippen LogP contribution in [0.15, 0.2) is 36.4 Å². The van der Waals surface area contributed by atoms with Crippen molar-refractivity contribution >= 4 is 16.7 Å². The van der Waals surface area contributed by atoms with Gasteiger partial charge in [0.1, 0.15) is 5.75 Å². The zero-order valence-electron chi connectivity index (χ0n) is 16.1. The Kier molecular flexibility index (Phi) is 6.15. The summed E-state index contributed by atoms with van der Waals surface area (Å²) >= 11 is 0. The van der Waals surface area contributed by atoms with Crippen molar-refractivity contribution in [1.82, 2.24) is 10.2 Å². The van der Waals surface area contributed by atoms with Gasteiger partial charge in [0.15, 0.2) is 0 Å². The highest BCUT2D eigenvalue weighted by atomic mass is 16.5. The molecule has 1 fully saturated rings. The van der Waals surface area contributed by atoms with Crippen LogP contribution in [-0.4, -0.2) is 44.1 Å². The number of carbonyl (C=O) groups is 1. The predicted molar refractivity (Wildman–Crippen MR) is 107 cm³/mol. The highest BCUT2D eigenvalue weighted by Gasteiger charge is 2.21. The summed E-state index contributed by atoms with van der Waals surface area (Å²) in [6, 6.07) is 11.9. The standard InChI is InChI=1S/C22H30N2O2/c1-16-11-17(2)15-24(14-16)10-6-9-23-22(25)20-12-18-7-4-5-8-19(18)13-21(20)26-3/h4-5,7-8,12-13,16-17H,6,9-11,14-15H2,1-3H3,(H,23,25)/t16-,17-/m1/s1. The fourth-order valence-corrected chi connectivity index (χ4v) is 4.14. The van der Waals surface area contributed by atoms with Crippen LogP contribution < -0.4 is 10.1 Å². The van der Waals surface area contributed by atoms with Crippen LogP contribution in [0.4, 0.5) is 0 Å². The maximum absolute atomic E-state index is 12.6. The summed E-state index contributed by atoms with van der Waals surface area (Å²) in [4.78, 5) is 15.1. The van der Waals surface area contributed by atoms with E-state index >= 15 is 0 Å².